The molecule has 0 aromatic carbocycles. The van der Waals surface area contributed by atoms with Gasteiger partial charge in [-0.25, -0.2) is 4.98 Å². The Bertz CT molecular complexity index is 773. The molecule has 1 aliphatic rings. The van der Waals surface area contributed by atoms with E-state index in [1.807, 2.05) is 18.3 Å². The Balaban J connectivity index is 1.43. The van der Waals surface area contributed by atoms with Gasteiger partial charge in [-0.3, -0.25) is 10.00 Å². The highest BCUT2D eigenvalue weighted by Crippen LogP contribution is 2.26. The van der Waals surface area contributed by atoms with E-state index in [1.165, 1.54) is 18.7 Å². The van der Waals surface area contributed by atoms with Gasteiger partial charge in [0.2, 0.25) is 0 Å². The highest BCUT2D eigenvalue weighted by atomic mass is 16.3. The quantitative estimate of drug-likeness (QED) is 0.782. The summed E-state index contributed by atoms with van der Waals surface area (Å²) in [5.74, 6) is 3.03. The summed E-state index contributed by atoms with van der Waals surface area (Å²) in [5, 5.41) is 6.92. The summed E-state index contributed by atoms with van der Waals surface area (Å²) in [4.78, 5) is 6.94. The third kappa shape index (κ3) is 3.01. The van der Waals surface area contributed by atoms with Gasteiger partial charge in [0.15, 0.2) is 5.76 Å². The summed E-state index contributed by atoms with van der Waals surface area (Å²) in [6, 6.07) is 6.51. The molecule has 1 saturated heterocycles. The van der Waals surface area contributed by atoms with Crippen molar-refractivity contribution in [2.45, 2.75) is 38.8 Å². The summed E-state index contributed by atoms with van der Waals surface area (Å²) in [6.07, 6.45) is 9.19. The van der Waals surface area contributed by atoms with Crippen molar-refractivity contribution in [3.8, 4) is 11.5 Å². The van der Waals surface area contributed by atoms with Crippen LogP contribution in [0.5, 0.6) is 0 Å². The fourth-order valence-electron chi connectivity index (χ4n) is 3.57. The molecule has 6 nitrogen and oxygen atoms in total. The second kappa shape index (κ2) is 6.65. The zero-order valence-electron chi connectivity index (χ0n) is 14.0. The Kier molecular flexibility index (Phi) is 4.21. The van der Waals surface area contributed by atoms with Crippen molar-refractivity contribution in [2.75, 3.05) is 13.1 Å². The van der Waals surface area contributed by atoms with Gasteiger partial charge < -0.3 is 8.98 Å². The molecule has 1 fully saturated rings. The van der Waals surface area contributed by atoms with Crippen molar-refractivity contribution in [3.05, 3.63) is 48.4 Å². The average molecular weight is 325 g/mol. The lowest BCUT2D eigenvalue weighted by molar-refractivity contribution is 0.158. The van der Waals surface area contributed by atoms with E-state index in [-0.39, 0.29) is 0 Å². The molecule has 0 saturated carbocycles. The topological polar surface area (TPSA) is 62.9 Å². The van der Waals surface area contributed by atoms with E-state index >= 15 is 0 Å². The summed E-state index contributed by atoms with van der Waals surface area (Å²) < 4.78 is 8.32. The van der Waals surface area contributed by atoms with Gasteiger partial charge in [-0.1, -0.05) is 6.92 Å². The lowest BCUT2D eigenvalue weighted by Crippen LogP contribution is -2.36. The number of rotatable bonds is 5. The number of hydrogen-bond acceptors (Lipinski definition) is 4. The van der Waals surface area contributed by atoms with Gasteiger partial charge in [-0.05, 0) is 37.6 Å². The maximum Gasteiger partial charge on any atom is 0.152 e. The molecular weight excluding hydrogens is 302 g/mol. The van der Waals surface area contributed by atoms with Crippen LogP contribution in [0, 0.1) is 0 Å². The fourth-order valence-corrected chi connectivity index (χ4v) is 3.57. The summed E-state index contributed by atoms with van der Waals surface area (Å²) in [5.41, 5.74) is 0.920. The first-order valence-electron chi connectivity index (χ1n) is 8.66. The highest BCUT2D eigenvalue weighted by Gasteiger charge is 2.23. The van der Waals surface area contributed by atoms with Gasteiger partial charge in [0.25, 0.3) is 0 Å². The molecule has 0 aliphatic carbocycles. The third-order valence-electron chi connectivity index (χ3n) is 4.75. The number of nitrogens with one attached hydrogen (secondary N) is 1. The van der Waals surface area contributed by atoms with Crippen LogP contribution in [0.2, 0.25) is 0 Å². The van der Waals surface area contributed by atoms with E-state index in [4.69, 9.17) is 4.42 Å². The molecule has 1 N–H and O–H groups in total. The van der Waals surface area contributed by atoms with Crippen molar-refractivity contribution < 1.29 is 4.42 Å². The van der Waals surface area contributed by atoms with Crippen molar-refractivity contribution in [3.63, 3.8) is 0 Å². The van der Waals surface area contributed by atoms with Crippen molar-refractivity contribution >= 4 is 0 Å². The molecule has 3 aromatic heterocycles. The molecule has 0 radical (unpaired) electrons. The van der Waals surface area contributed by atoms with E-state index < -0.39 is 0 Å². The van der Waals surface area contributed by atoms with Gasteiger partial charge >= 0.3 is 0 Å². The molecule has 1 aliphatic heterocycles. The van der Waals surface area contributed by atoms with Crippen LogP contribution in [-0.2, 0) is 13.0 Å². The zero-order chi connectivity index (χ0) is 16.4. The molecular formula is C18H23N5O. The molecule has 0 amide bonds. The first-order valence-corrected chi connectivity index (χ1v) is 8.66. The number of nitrogens with zero attached hydrogens (tertiary/aromatic N) is 4. The second-order valence-electron chi connectivity index (χ2n) is 6.37. The smallest absolute Gasteiger partial charge is 0.152 e. The maximum absolute atomic E-state index is 5.97. The lowest BCUT2D eigenvalue weighted by atomic mass is 10.1. The summed E-state index contributed by atoms with van der Waals surface area (Å²) >= 11 is 0. The van der Waals surface area contributed by atoms with E-state index in [2.05, 4.69) is 43.8 Å². The van der Waals surface area contributed by atoms with Crippen LogP contribution < -0.4 is 0 Å². The Labute approximate surface area is 141 Å². The van der Waals surface area contributed by atoms with Gasteiger partial charge in [-0.2, -0.15) is 5.10 Å². The van der Waals surface area contributed by atoms with E-state index in [0.717, 1.165) is 43.3 Å². The van der Waals surface area contributed by atoms with E-state index in [0.29, 0.717) is 6.04 Å². The Morgan fingerprint density at radius 2 is 2.25 bits per heavy atom. The van der Waals surface area contributed by atoms with Gasteiger partial charge in [0, 0.05) is 37.6 Å². The number of likely N-dealkylation sites (tertiary alicyclic amines) is 1. The van der Waals surface area contributed by atoms with Gasteiger partial charge in [0.05, 0.1) is 6.54 Å². The molecule has 0 bridgehead atoms. The standard InChI is InChI=1S/C18H23N5O/c1-2-18-19-9-11-23(18)14-4-3-10-22(12-14)13-15-5-6-17(24-15)16-7-8-20-21-16/h5-9,11,14H,2-4,10,12-13H2,1H3,(H,20,21). The minimum atomic E-state index is 0.512. The summed E-state index contributed by atoms with van der Waals surface area (Å²) in [7, 11) is 0. The number of aryl methyl sites for hydroxylation is 1. The minimum Gasteiger partial charge on any atom is -0.458 e. The number of H-pyrrole nitrogens is 1. The molecule has 24 heavy (non-hydrogen) atoms. The zero-order valence-corrected chi connectivity index (χ0v) is 14.0. The summed E-state index contributed by atoms with van der Waals surface area (Å²) in [6.45, 7) is 5.18. The number of aromatic amines is 1. The number of piperidine rings is 1. The fraction of sp³-hybridized carbons (Fsp3) is 0.444. The molecule has 4 heterocycles. The van der Waals surface area contributed by atoms with Crippen LogP contribution in [-0.4, -0.2) is 37.7 Å². The number of furan rings is 1. The third-order valence-corrected chi connectivity index (χ3v) is 4.75. The second-order valence-corrected chi connectivity index (χ2v) is 6.37. The SMILES string of the molecule is CCc1nccn1C1CCCN(Cc2ccc(-c3ccn[nH]3)o2)C1. The van der Waals surface area contributed by atoms with Crippen LogP contribution in [0.4, 0.5) is 0 Å². The Morgan fingerprint density at radius 3 is 3.08 bits per heavy atom. The number of aromatic nitrogens is 4. The molecule has 126 valence electrons. The molecule has 4 rings (SSSR count). The molecule has 0 spiro atoms. The van der Waals surface area contributed by atoms with Crippen molar-refractivity contribution in [2.24, 2.45) is 0 Å². The van der Waals surface area contributed by atoms with Crippen LogP contribution in [0.25, 0.3) is 11.5 Å². The first-order chi connectivity index (χ1) is 11.8. The molecule has 1 atom stereocenters. The molecule has 1 unspecified atom stereocenters. The largest absolute Gasteiger partial charge is 0.458 e. The minimum absolute atomic E-state index is 0.512. The first kappa shape index (κ1) is 15.2. The normalized spacial score (nSPS) is 19.0. The average Bonchev–Trinajstić information content (AvgIpc) is 3.35. The number of imidazole rings is 1. The number of hydrogen-bond donors (Lipinski definition) is 1. The van der Waals surface area contributed by atoms with Crippen LogP contribution in [0.15, 0.2) is 41.2 Å². The van der Waals surface area contributed by atoms with E-state index in [9.17, 15) is 0 Å². The van der Waals surface area contributed by atoms with Crippen LogP contribution in [0.1, 0.15) is 37.4 Å². The highest BCUT2D eigenvalue weighted by molar-refractivity contribution is 5.51. The van der Waals surface area contributed by atoms with Gasteiger partial charge in [-0.15, -0.1) is 0 Å². The Hall–Kier alpha value is -2.34. The van der Waals surface area contributed by atoms with E-state index in [1.54, 1.807) is 6.20 Å². The molecule has 6 heteroatoms. The van der Waals surface area contributed by atoms with Crippen LogP contribution in [0.3, 0.4) is 0 Å². The Morgan fingerprint density at radius 1 is 1.29 bits per heavy atom. The molecule has 3 aromatic rings. The predicted octanol–water partition coefficient (Wildman–Crippen LogP) is 3.27. The maximum atomic E-state index is 5.97. The predicted molar refractivity (Wildman–Crippen MR) is 91.4 cm³/mol. The monoisotopic (exact) mass is 325 g/mol. The van der Waals surface area contributed by atoms with Gasteiger partial charge in [0.1, 0.15) is 17.3 Å². The van der Waals surface area contributed by atoms with Crippen molar-refractivity contribution in [1.82, 2.24) is 24.6 Å². The lowest BCUT2D eigenvalue weighted by Gasteiger charge is -2.33. The van der Waals surface area contributed by atoms with Crippen molar-refractivity contribution in [1.29, 1.82) is 0 Å². The van der Waals surface area contributed by atoms with Crippen LogP contribution >= 0.6 is 0 Å².